The third-order valence-electron chi connectivity index (χ3n) is 5.15. The maximum atomic E-state index is 13.1. The standard InChI is InChI=1S/C22H27N3O4S/c1-18-15-21(7-8-22(18)29-14-13-28-2)30(26,27)25-11-9-24(10-12-25)17-20-5-3-19(16-23)4-6-20/h3-8,15H,9-14,17H2,1-2H3. The molecule has 0 aliphatic carbocycles. The fourth-order valence-corrected chi connectivity index (χ4v) is 4.91. The summed E-state index contributed by atoms with van der Waals surface area (Å²) in [5.74, 6) is 0.665. The molecule has 1 fully saturated rings. The predicted molar refractivity (Wildman–Crippen MR) is 114 cm³/mol. The van der Waals surface area contributed by atoms with Gasteiger partial charge in [0.25, 0.3) is 0 Å². The van der Waals surface area contributed by atoms with Crippen LogP contribution in [-0.4, -0.2) is 64.1 Å². The van der Waals surface area contributed by atoms with E-state index < -0.39 is 10.0 Å². The zero-order valence-corrected chi connectivity index (χ0v) is 18.2. The van der Waals surface area contributed by atoms with Crippen LogP contribution in [0.2, 0.25) is 0 Å². The minimum atomic E-state index is -3.54. The number of rotatable bonds is 8. The molecular weight excluding hydrogens is 402 g/mol. The normalized spacial score (nSPS) is 15.6. The Morgan fingerprint density at radius 1 is 1.03 bits per heavy atom. The van der Waals surface area contributed by atoms with Gasteiger partial charge in [-0.1, -0.05) is 12.1 Å². The minimum absolute atomic E-state index is 0.291. The Bertz CT molecular complexity index is 992. The molecule has 3 rings (SSSR count). The summed E-state index contributed by atoms with van der Waals surface area (Å²) < 4.78 is 38.3. The van der Waals surface area contributed by atoms with Crippen LogP contribution in [0.15, 0.2) is 47.4 Å². The van der Waals surface area contributed by atoms with E-state index in [1.807, 2.05) is 19.1 Å². The van der Waals surface area contributed by atoms with E-state index >= 15 is 0 Å². The molecule has 1 saturated heterocycles. The lowest BCUT2D eigenvalue weighted by atomic mass is 10.1. The summed E-state index contributed by atoms with van der Waals surface area (Å²) in [4.78, 5) is 2.52. The fraction of sp³-hybridized carbons (Fsp3) is 0.409. The number of methoxy groups -OCH3 is 1. The summed E-state index contributed by atoms with van der Waals surface area (Å²) >= 11 is 0. The zero-order valence-electron chi connectivity index (χ0n) is 17.4. The lowest BCUT2D eigenvalue weighted by Crippen LogP contribution is -2.48. The molecule has 7 nitrogen and oxygen atoms in total. The molecule has 0 unspecified atom stereocenters. The van der Waals surface area contributed by atoms with Gasteiger partial charge in [0, 0.05) is 39.8 Å². The van der Waals surface area contributed by atoms with Gasteiger partial charge in [-0.15, -0.1) is 0 Å². The maximum Gasteiger partial charge on any atom is 0.243 e. The Balaban J connectivity index is 1.60. The number of nitrogens with zero attached hydrogens (tertiary/aromatic N) is 3. The SMILES string of the molecule is COCCOc1ccc(S(=O)(=O)N2CCN(Cc3ccc(C#N)cc3)CC2)cc1C. The topological polar surface area (TPSA) is 82.9 Å². The van der Waals surface area contributed by atoms with Gasteiger partial charge in [0.2, 0.25) is 10.0 Å². The molecule has 1 aliphatic rings. The second-order valence-corrected chi connectivity index (χ2v) is 9.20. The van der Waals surface area contributed by atoms with Crippen LogP contribution in [0.25, 0.3) is 0 Å². The molecule has 2 aromatic rings. The number of ether oxygens (including phenoxy) is 2. The van der Waals surface area contributed by atoms with E-state index in [2.05, 4.69) is 11.0 Å². The van der Waals surface area contributed by atoms with Gasteiger partial charge < -0.3 is 9.47 Å². The van der Waals surface area contributed by atoms with Crippen molar-refractivity contribution in [3.8, 4) is 11.8 Å². The van der Waals surface area contributed by atoms with Crippen molar-refractivity contribution in [1.29, 1.82) is 5.26 Å². The van der Waals surface area contributed by atoms with Crippen molar-refractivity contribution in [2.24, 2.45) is 0 Å². The summed E-state index contributed by atoms with van der Waals surface area (Å²) in [5.41, 5.74) is 2.54. The fourth-order valence-electron chi connectivity index (χ4n) is 3.40. The smallest absolute Gasteiger partial charge is 0.243 e. The van der Waals surface area contributed by atoms with Crippen molar-refractivity contribution in [1.82, 2.24) is 9.21 Å². The van der Waals surface area contributed by atoms with Crippen molar-refractivity contribution in [2.75, 3.05) is 46.5 Å². The Labute approximate surface area is 178 Å². The molecule has 0 N–H and O–H groups in total. The first-order valence-electron chi connectivity index (χ1n) is 9.88. The minimum Gasteiger partial charge on any atom is -0.491 e. The van der Waals surface area contributed by atoms with Gasteiger partial charge in [-0.2, -0.15) is 9.57 Å². The van der Waals surface area contributed by atoms with Crippen molar-refractivity contribution < 1.29 is 17.9 Å². The van der Waals surface area contributed by atoms with Crippen molar-refractivity contribution in [2.45, 2.75) is 18.4 Å². The van der Waals surface area contributed by atoms with Crippen LogP contribution in [0.5, 0.6) is 5.75 Å². The largest absolute Gasteiger partial charge is 0.491 e. The number of nitriles is 1. The monoisotopic (exact) mass is 429 g/mol. The molecule has 30 heavy (non-hydrogen) atoms. The second kappa shape index (κ2) is 10.0. The molecule has 0 bridgehead atoms. The highest BCUT2D eigenvalue weighted by Crippen LogP contribution is 2.25. The highest BCUT2D eigenvalue weighted by atomic mass is 32.2. The first-order valence-corrected chi connectivity index (χ1v) is 11.3. The van der Waals surface area contributed by atoms with Gasteiger partial charge in [0.1, 0.15) is 12.4 Å². The molecule has 0 saturated carbocycles. The molecule has 160 valence electrons. The number of piperazine rings is 1. The quantitative estimate of drug-likeness (QED) is 0.600. The Morgan fingerprint density at radius 2 is 1.73 bits per heavy atom. The van der Waals surface area contributed by atoms with Gasteiger partial charge in [-0.25, -0.2) is 8.42 Å². The summed E-state index contributed by atoms with van der Waals surface area (Å²) in [5, 5.41) is 8.90. The van der Waals surface area contributed by atoms with E-state index in [1.54, 1.807) is 41.7 Å². The summed E-state index contributed by atoms with van der Waals surface area (Å²) in [6, 6.07) is 14.6. The Hall–Kier alpha value is -2.44. The van der Waals surface area contributed by atoms with Gasteiger partial charge in [-0.3, -0.25) is 4.90 Å². The van der Waals surface area contributed by atoms with Crippen LogP contribution >= 0.6 is 0 Å². The Morgan fingerprint density at radius 3 is 2.33 bits per heavy atom. The lowest BCUT2D eigenvalue weighted by molar-refractivity contribution is 0.146. The first-order chi connectivity index (χ1) is 14.4. The zero-order chi connectivity index (χ0) is 21.6. The summed E-state index contributed by atoms with van der Waals surface area (Å²) in [6.07, 6.45) is 0. The molecule has 0 atom stereocenters. The lowest BCUT2D eigenvalue weighted by Gasteiger charge is -2.34. The van der Waals surface area contributed by atoms with Crippen molar-refractivity contribution in [3.05, 3.63) is 59.2 Å². The van der Waals surface area contributed by atoms with Crippen molar-refractivity contribution >= 4 is 10.0 Å². The third kappa shape index (κ3) is 5.37. The van der Waals surface area contributed by atoms with E-state index in [-0.39, 0.29) is 0 Å². The van der Waals surface area contributed by atoms with E-state index in [0.717, 1.165) is 17.7 Å². The average molecular weight is 430 g/mol. The van der Waals surface area contributed by atoms with Gasteiger partial charge >= 0.3 is 0 Å². The average Bonchev–Trinajstić information content (AvgIpc) is 2.76. The van der Waals surface area contributed by atoms with Gasteiger partial charge in [-0.05, 0) is 48.4 Å². The Kier molecular flexibility index (Phi) is 7.45. The highest BCUT2D eigenvalue weighted by molar-refractivity contribution is 7.89. The molecule has 0 amide bonds. The number of aryl methyl sites for hydroxylation is 1. The summed E-state index contributed by atoms with van der Waals surface area (Å²) in [6.45, 7) is 5.71. The van der Waals surface area contributed by atoms with Crippen LogP contribution in [0, 0.1) is 18.3 Å². The molecule has 1 heterocycles. The number of benzene rings is 2. The van der Waals surface area contributed by atoms with E-state index in [0.29, 0.717) is 55.6 Å². The number of hydrogen-bond acceptors (Lipinski definition) is 6. The van der Waals surface area contributed by atoms with Crippen LogP contribution in [0.3, 0.4) is 0 Å². The molecule has 0 aromatic heterocycles. The maximum absolute atomic E-state index is 13.1. The summed E-state index contributed by atoms with van der Waals surface area (Å²) in [7, 11) is -1.93. The molecule has 0 spiro atoms. The molecule has 2 aromatic carbocycles. The number of sulfonamides is 1. The van der Waals surface area contributed by atoms with Crippen LogP contribution in [0.1, 0.15) is 16.7 Å². The van der Waals surface area contributed by atoms with E-state index in [4.69, 9.17) is 14.7 Å². The van der Waals surface area contributed by atoms with Gasteiger partial charge in [0.05, 0.1) is 23.1 Å². The second-order valence-electron chi connectivity index (χ2n) is 7.26. The van der Waals surface area contributed by atoms with E-state index in [9.17, 15) is 8.42 Å². The van der Waals surface area contributed by atoms with Crippen LogP contribution in [0.4, 0.5) is 0 Å². The predicted octanol–water partition coefficient (Wildman–Crippen LogP) is 2.40. The molecule has 1 aliphatic heterocycles. The highest BCUT2D eigenvalue weighted by Gasteiger charge is 2.28. The third-order valence-corrected chi connectivity index (χ3v) is 7.04. The number of hydrogen-bond donors (Lipinski definition) is 0. The van der Waals surface area contributed by atoms with Crippen LogP contribution in [-0.2, 0) is 21.3 Å². The van der Waals surface area contributed by atoms with E-state index in [1.165, 1.54) is 0 Å². The molecule has 0 radical (unpaired) electrons. The van der Waals surface area contributed by atoms with Crippen molar-refractivity contribution in [3.63, 3.8) is 0 Å². The van der Waals surface area contributed by atoms with Crippen LogP contribution < -0.4 is 4.74 Å². The van der Waals surface area contributed by atoms with Gasteiger partial charge in [0.15, 0.2) is 0 Å². The molecular formula is C22H27N3O4S. The first kappa shape index (κ1) is 22.2. The molecule has 8 heteroatoms.